The van der Waals surface area contributed by atoms with Crippen LogP contribution in [0, 0.1) is 0 Å². The van der Waals surface area contributed by atoms with Crippen LogP contribution in [0.25, 0.3) is 0 Å². The summed E-state index contributed by atoms with van der Waals surface area (Å²) in [5.74, 6) is 0. The molecule has 2 rings (SSSR count). The van der Waals surface area contributed by atoms with Crippen LogP contribution in [0.5, 0.6) is 0 Å². The molecule has 0 saturated carbocycles. The lowest BCUT2D eigenvalue weighted by molar-refractivity contribution is 0.266. The van der Waals surface area contributed by atoms with E-state index >= 15 is 0 Å². The molecule has 0 amide bonds. The molecule has 0 unspecified atom stereocenters. The van der Waals surface area contributed by atoms with E-state index in [0.29, 0.717) is 10.2 Å². The summed E-state index contributed by atoms with van der Waals surface area (Å²) < 4.78 is 1.72. The normalized spacial score (nSPS) is 15.0. The van der Waals surface area contributed by atoms with Gasteiger partial charge in [-0.15, -0.1) is 0 Å². The SMILES string of the molecule is O=c1c(Br)c(NCCC2=CCCCC2)cnn1CCO. The predicted molar refractivity (Wildman–Crippen MR) is 82.9 cm³/mol. The Hall–Kier alpha value is -1.14. The average Bonchev–Trinajstić information content (AvgIpc) is 2.48. The maximum absolute atomic E-state index is 11.9. The van der Waals surface area contributed by atoms with Crippen LogP contribution in [-0.4, -0.2) is 28.0 Å². The minimum Gasteiger partial charge on any atom is -0.394 e. The third kappa shape index (κ3) is 3.93. The number of aliphatic hydroxyl groups is 1. The number of nitrogens with one attached hydrogen (secondary N) is 1. The van der Waals surface area contributed by atoms with E-state index in [9.17, 15) is 4.79 Å². The van der Waals surface area contributed by atoms with Gasteiger partial charge in [0.05, 0.1) is 25.0 Å². The summed E-state index contributed by atoms with van der Waals surface area (Å²) in [5.41, 5.74) is 1.99. The number of nitrogens with zero attached hydrogens (tertiary/aromatic N) is 2. The fourth-order valence-electron chi connectivity index (χ4n) is 2.33. The van der Waals surface area contributed by atoms with E-state index in [1.54, 1.807) is 6.20 Å². The van der Waals surface area contributed by atoms with Gasteiger partial charge in [-0.05, 0) is 48.0 Å². The highest BCUT2D eigenvalue weighted by Crippen LogP contribution is 2.21. The zero-order chi connectivity index (χ0) is 14.4. The zero-order valence-corrected chi connectivity index (χ0v) is 13.0. The predicted octanol–water partition coefficient (Wildman–Crippen LogP) is 2.30. The van der Waals surface area contributed by atoms with Gasteiger partial charge < -0.3 is 10.4 Å². The first-order valence-corrected chi connectivity index (χ1v) is 7.80. The van der Waals surface area contributed by atoms with E-state index in [1.165, 1.54) is 35.9 Å². The lowest BCUT2D eigenvalue weighted by atomic mass is 9.97. The number of aromatic nitrogens is 2. The van der Waals surface area contributed by atoms with Crippen molar-refractivity contribution in [2.75, 3.05) is 18.5 Å². The van der Waals surface area contributed by atoms with Crippen LogP contribution < -0.4 is 10.9 Å². The van der Waals surface area contributed by atoms with Crippen LogP contribution in [0.15, 0.2) is 27.1 Å². The van der Waals surface area contributed by atoms with Gasteiger partial charge in [0.25, 0.3) is 5.56 Å². The first kappa shape index (κ1) is 15.3. The molecule has 6 heteroatoms. The second kappa shape index (κ2) is 7.59. The second-order valence-corrected chi connectivity index (χ2v) is 5.70. The van der Waals surface area contributed by atoms with Gasteiger partial charge in [0.15, 0.2) is 0 Å². The topological polar surface area (TPSA) is 67.2 Å². The summed E-state index contributed by atoms with van der Waals surface area (Å²) in [4.78, 5) is 11.9. The Morgan fingerprint density at radius 3 is 3.00 bits per heavy atom. The van der Waals surface area contributed by atoms with Crippen molar-refractivity contribution in [3.63, 3.8) is 0 Å². The van der Waals surface area contributed by atoms with E-state index < -0.39 is 0 Å². The Morgan fingerprint density at radius 2 is 2.30 bits per heavy atom. The summed E-state index contributed by atoms with van der Waals surface area (Å²) in [6.45, 7) is 0.917. The summed E-state index contributed by atoms with van der Waals surface area (Å²) >= 11 is 3.30. The van der Waals surface area contributed by atoms with Crippen LogP contribution in [0.3, 0.4) is 0 Å². The molecule has 5 nitrogen and oxygen atoms in total. The molecule has 1 aromatic rings. The lowest BCUT2D eigenvalue weighted by Crippen LogP contribution is -2.26. The third-order valence-corrected chi connectivity index (χ3v) is 4.21. The quantitative estimate of drug-likeness (QED) is 0.779. The minimum atomic E-state index is -0.221. The van der Waals surface area contributed by atoms with Crippen LogP contribution >= 0.6 is 15.9 Å². The summed E-state index contributed by atoms with van der Waals surface area (Å²) in [6.07, 6.45) is 9.93. The Morgan fingerprint density at radius 1 is 1.45 bits per heavy atom. The van der Waals surface area contributed by atoms with Crippen molar-refractivity contribution >= 4 is 21.6 Å². The van der Waals surface area contributed by atoms with Crippen LogP contribution in [0.1, 0.15) is 32.1 Å². The number of allylic oxidation sites excluding steroid dienone is 1. The zero-order valence-electron chi connectivity index (χ0n) is 11.4. The van der Waals surface area contributed by atoms with E-state index in [4.69, 9.17) is 5.11 Å². The molecule has 0 spiro atoms. The Bertz CT molecular complexity index is 540. The molecule has 0 aromatic carbocycles. The Labute approximate surface area is 126 Å². The molecule has 0 fully saturated rings. The molecule has 0 saturated heterocycles. The van der Waals surface area contributed by atoms with Crippen LogP contribution in [-0.2, 0) is 6.54 Å². The monoisotopic (exact) mass is 341 g/mol. The van der Waals surface area contributed by atoms with E-state index in [2.05, 4.69) is 32.4 Å². The van der Waals surface area contributed by atoms with Crippen LogP contribution in [0.4, 0.5) is 5.69 Å². The highest BCUT2D eigenvalue weighted by atomic mass is 79.9. The molecule has 20 heavy (non-hydrogen) atoms. The molecule has 110 valence electrons. The fourth-order valence-corrected chi connectivity index (χ4v) is 2.78. The maximum atomic E-state index is 11.9. The number of hydrogen-bond acceptors (Lipinski definition) is 4. The molecule has 0 radical (unpaired) electrons. The maximum Gasteiger partial charge on any atom is 0.283 e. The molecular formula is C14H20BrN3O2. The molecule has 1 aromatic heterocycles. The number of anilines is 1. The van der Waals surface area contributed by atoms with Gasteiger partial charge in [0.2, 0.25) is 0 Å². The van der Waals surface area contributed by atoms with Crippen LogP contribution in [0.2, 0.25) is 0 Å². The molecule has 0 aliphatic heterocycles. The van der Waals surface area contributed by atoms with E-state index in [-0.39, 0.29) is 18.7 Å². The highest BCUT2D eigenvalue weighted by molar-refractivity contribution is 9.10. The van der Waals surface area contributed by atoms with Crippen molar-refractivity contribution in [2.24, 2.45) is 0 Å². The first-order valence-electron chi connectivity index (χ1n) is 7.00. The molecule has 1 heterocycles. The van der Waals surface area contributed by atoms with Gasteiger partial charge >= 0.3 is 0 Å². The van der Waals surface area contributed by atoms with E-state index in [1.807, 2.05) is 0 Å². The summed E-state index contributed by atoms with van der Waals surface area (Å²) in [5, 5.41) is 16.1. The summed E-state index contributed by atoms with van der Waals surface area (Å²) in [6, 6.07) is 0. The lowest BCUT2D eigenvalue weighted by Gasteiger charge is -2.14. The van der Waals surface area contributed by atoms with Gasteiger partial charge in [0, 0.05) is 6.54 Å². The molecular weight excluding hydrogens is 322 g/mol. The number of aliphatic hydroxyl groups excluding tert-OH is 1. The molecule has 2 N–H and O–H groups in total. The number of halogens is 1. The largest absolute Gasteiger partial charge is 0.394 e. The van der Waals surface area contributed by atoms with Crippen molar-refractivity contribution in [1.29, 1.82) is 0 Å². The fraction of sp³-hybridized carbons (Fsp3) is 0.571. The van der Waals surface area contributed by atoms with Gasteiger partial charge in [-0.2, -0.15) is 5.10 Å². The average molecular weight is 342 g/mol. The Kier molecular flexibility index (Phi) is 5.79. The van der Waals surface area contributed by atoms with Gasteiger partial charge in [-0.25, -0.2) is 4.68 Å². The minimum absolute atomic E-state index is 0.0969. The number of rotatable bonds is 6. The molecule has 0 atom stereocenters. The second-order valence-electron chi connectivity index (χ2n) is 4.91. The van der Waals surface area contributed by atoms with Crippen molar-refractivity contribution < 1.29 is 5.11 Å². The summed E-state index contributed by atoms with van der Waals surface area (Å²) in [7, 11) is 0. The van der Waals surface area contributed by atoms with Crippen molar-refractivity contribution in [1.82, 2.24) is 9.78 Å². The standard InChI is InChI=1S/C14H20BrN3O2/c15-13-12(10-17-18(8-9-19)14(13)20)16-7-6-11-4-2-1-3-5-11/h4,10,16,19H,1-3,5-9H2. The first-order chi connectivity index (χ1) is 9.72. The Balaban J connectivity index is 1.94. The van der Waals surface area contributed by atoms with Gasteiger partial charge in [-0.1, -0.05) is 11.6 Å². The van der Waals surface area contributed by atoms with E-state index in [0.717, 1.165) is 13.0 Å². The highest BCUT2D eigenvalue weighted by Gasteiger charge is 2.09. The molecule has 1 aliphatic carbocycles. The molecule has 1 aliphatic rings. The number of hydrogen-bond donors (Lipinski definition) is 2. The van der Waals surface area contributed by atoms with Crippen molar-refractivity contribution in [2.45, 2.75) is 38.6 Å². The third-order valence-electron chi connectivity index (χ3n) is 3.44. The smallest absolute Gasteiger partial charge is 0.283 e. The van der Waals surface area contributed by atoms with Gasteiger partial charge in [-0.3, -0.25) is 4.79 Å². The molecule has 0 bridgehead atoms. The van der Waals surface area contributed by atoms with Crippen molar-refractivity contribution in [3.8, 4) is 0 Å². The van der Waals surface area contributed by atoms with Crippen molar-refractivity contribution in [3.05, 3.63) is 32.7 Å². The van der Waals surface area contributed by atoms with Gasteiger partial charge in [0.1, 0.15) is 4.47 Å².